The number of carbonyl (C=O) groups is 1. The van der Waals surface area contributed by atoms with Gasteiger partial charge in [-0.1, -0.05) is 18.2 Å². The van der Waals surface area contributed by atoms with Crippen LogP contribution in [0.3, 0.4) is 0 Å². The Hall–Kier alpha value is -1.10. The van der Waals surface area contributed by atoms with Crippen molar-refractivity contribution in [1.82, 2.24) is 4.90 Å². The molecule has 1 aromatic carbocycles. The van der Waals surface area contributed by atoms with E-state index in [0.29, 0.717) is 0 Å². The number of amides is 1. The zero-order chi connectivity index (χ0) is 13.0. The Morgan fingerprint density at radius 1 is 1.42 bits per heavy atom. The highest BCUT2D eigenvalue weighted by Crippen LogP contribution is 2.13. The lowest BCUT2D eigenvalue weighted by atomic mass is 10.0. The van der Waals surface area contributed by atoms with Crippen molar-refractivity contribution >= 4 is 24.0 Å². The molecule has 1 fully saturated rings. The van der Waals surface area contributed by atoms with Gasteiger partial charge in [-0.15, -0.1) is 12.4 Å². The van der Waals surface area contributed by atoms with E-state index in [9.17, 15) is 4.79 Å². The Balaban J connectivity index is 0.00000180. The molecule has 0 spiro atoms. The van der Waals surface area contributed by atoms with Gasteiger partial charge in [-0.25, -0.2) is 0 Å². The second-order valence-electron chi connectivity index (χ2n) is 4.93. The van der Waals surface area contributed by atoms with Crippen LogP contribution in [0.5, 0.6) is 0 Å². The maximum Gasteiger partial charge on any atom is 0.241 e. The number of likely N-dealkylation sites (tertiary alicyclic amines) is 1. The van der Waals surface area contributed by atoms with Gasteiger partial charge in [0.05, 0.1) is 6.04 Å². The summed E-state index contributed by atoms with van der Waals surface area (Å²) in [6.45, 7) is 3.71. The molecule has 106 valence electrons. The minimum atomic E-state index is -0.128. The van der Waals surface area contributed by atoms with Gasteiger partial charge in [-0.05, 0) is 38.4 Å². The largest absolute Gasteiger partial charge is 0.327 e. The van der Waals surface area contributed by atoms with E-state index in [1.54, 1.807) is 0 Å². The topological polar surface area (TPSA) is 58.4 Å². The van der Waals surface area contributed by atoms with Crippen molar-refractivity contribution in [3.63, 3.8) is 0 Å². The normalized spacial score (nSPS) is 21.3. The van der Waals surface area contributed by atoms with Gasteiger partial charge in [0, 0.05) is 18.3 Å². The van der Waals surface area contributed by atoms with Crippen LogP contribution in [0.2, 0.25) is 0 Å². The van der Waals surface area contributed by atoms with E-state index in [1.807, 2.05) is 37.3 Å². The first kappa shape index (κ1) is 16.0. The first-order valence-electron chi connectivity index (χ1n) is 6.52. The van der Waals surface area contributed by atoms with Gasteiger partial charge < -0.3 is 11.1 Å². The molecule has 1 aliphatic rings. The Bertz CT molecular complexity index is 399. The van der Waals surface area contributed by atoms with E-state index in [-0.39, 0.29) is 30.4 Å². The number of carbonyl (C=O) groups excluding carboxylic acids is 1. The third kappa shape index (κ3) is 4.49. The van der Waals surface area contributed by atoms with Gasteiger partial charge in [0.1, 0.15) is 0 Å². The first-order valence-corrected chi connectivity index (χ1v) is 6.52. The number of rotatable bonds is 3. The second-order valence-corrected chi connectivity index (χ2v) is 4.93. The number of nitrogens with two attached hydrogens (primary N) is 1. The second kappa shape index (κ2) is 7.48. The molecule has 1 aliphatic heterocycles. The van der Waals surface area contributed by atoms with Crippen LogP contribution < -0.4 is 11.1 Å². The molecule has 0 aliphatic carbocycles. The molecule has 19 heavy (non-hydrogen) atoms. The number of hydrogen-bond acceptors (Lipinski definition) is 3. The van der Waals surface area contributed by atoms with Crippen LogP contribution in [0.15, 0.2) is 30.3 Å². The molecule has 0 aromatic heterocycles. The predicted octanol–water partition coefficient (Wildman–Crippen LogP) is 1.86. The highest BCUT2D eigenvalue weighted by Gasteiger charge is 2.25. The van der Waals surface area contributed by atoms with Crippen LogP contribution in [0.4, 0.5) is 5.69 Å². The molecule has 2 atom stereocenters. The SMILES string of the molecule is CC(C(=O)Nc1ccccc1)N1CCC[C@@H](N)C1.Cl. The van der Waals surface area contributed by atoms with Crippen LogP contribution in [0.1, 0.15) is 19.8 Å². The van der Waals surface area contributed by atoms with Crippen molar-refractivity contribution in [3.05, 3.63) is 30.3 Å². The zero-order valence-corrected chi connectivity index (χ0v) is 12.0. The molecular formula is C14H22ClN3O. The van der Waals surface area contributed by atoms with Gasteiger partial charge in [0.15, 0.2) is 0 Å². The molecular weight excluding hydrogens is 262 g/mol. The lowest BCUT2D eigenvalue weighted by molar-refractivity contribution is -0.121. The number of nitrogens with zero attached hydrogens (tertiary/aromatic N) is 1. The van der Waals surface area contributed by atoms with Crippen LogP contribution in [-0.2, 0) is 4.79 Å². The summed E-state index contributed by atoms with van der Waals surface area (Å²) in [5.41, 5.74) is 6.79. The lowest BCUT2D eigenvalue weighted by Crippen LogP contribution is -2.50. The van der Waals surface area contributed by atoms with Gasteiger partial charge in [-0.3, -0.25) is 9.69 Å². The fraction of sp³-hybridized carbons (Fsp3) is 0.500. The van der Waals surface area contributed by atoms with E-state index in [0.717, 1.165) is 31.6 Å². The Kier molecular flexibility index (Phi) is 6.28. The van der Waals surface area contributed by atoms with Crippen LogP contribution in [0, 0.1) is 0 Å². The Morgan fingerprint density at radius 3 is 2.74 bits per heavy atom. The summed E-state index contributed by atoms with van der Waals surface area (Å²) in [4.78, 5) is 14.3. The van der Waals surface area contributed by atoms with E-state index < -0.39 is 0 Å². The van der Waals surface area contributed by atoms with E-state index >= 15 is 0 Å². The van der Waals surface area contributed by atoms with Crippen molar-refractivity contribution in [2.75, 3.05) is 18.4 Å². The van der Waals surface area contributed by atoms with Crippen molar-refractivity contribution in [2.24, 2.45) is 5.73 Å². The summed E-state index contributed by atoms with van der Waals surface area (Å²) in [6.07, 6.45) is 2.13. The van der Waals surface area contributed by atoms with Crippen molar-refractivity contribution < 1.29 is 4.79 Å². The molecule has 3 N–H and O–H groups in total. The summed E-state index contributed by atoms with van der Waals surface area (Å²) in [5.74, 6) is 0.0373. The standard InChI is InChI=1S/C14H21N3O.ClH/c1-11(17-9-5-6-12(15)10-17)14(18)16-13-7-3-2-4-8-13;/h2-4,7-8,11-12H,5-6,9-10,15H2,1H3,(H,16,18);1H/t11?,12-;/m1./s1. The van der Waals surface area contributed by atoms with Gasteiger partial charge in [0.25, 0.3) is 0 Å². The smallest absolute Gasteiger partial charge is 0.241 e. The molecule has 1 amide bonds. The van der Waals surface area contributed by atoms with Crippen molar-refractivity contribution in [1.29, 1.82) is 0 Å². The molecule has 0 saturated carbocycles. The number of anilines is 1. The van der Waals surface area contributed by atoms with E-state index in [4.69, 9.17) is 5.73 Å². The van der Waals surface area contributed by atoms with Gasteiger partial charge in [-0.2, -0.15) is 0 Å². The van der Waals surface area contributed by atoms with E-state index in [1.165, 1.54) is 0 Å². The third-order valence-corrected chi connectivity index (χ3v) is 3.46. The molecule has 2 rings (SSSR count). The number of hydrogen-bond donors (Lipinski definition) is 2. The number of halogens is 1. The van der Waals surface area contributed by atoms with Crippen LogP contribution in [-0.4, -0.2) is 36.0 Å². The summed E-state index contributed by atoms with van der Waals surface area (Å²) < 4.78 is 0. The summed E-state index contributed by atoms with van der Waals surface area (Å²) in [5, 5.41) is 2.93. The highest BCUT2D eigenvalue weighted by molar-refractivity contribution is 5.94. The van der Waals surface area contributed by atoms with E-state index in [2.05, 4.69) is 10.2 Å². The van der Waals surface area contributed by atoms with Gasteiger partial charge >= 0.3 is 0 Å². The molecule has 4 nitrogen and oxygen atoms in total. The Morgan fingerprint density at radius 2 is 2.11 bits per heavy atom. The van der Waals surface area contributed by atoms with Crippen LogP contribution in [0.25, 0.3) is 0 Å². The van der Waals surface area contributed by atoms with Crippen LogP contribution >= 0.6 is 12.4 Å². The number of nitrogens with one attached hydrogen (secondary N) is 1. The molecule has 0 bridgehead atoms. The lowest BCUT2D eigenvalue weighted by Gasteiger charge is -2.34. The van der Waals surface area contributed by atoms with Crippen molar-refractivity contribution in [3.8, 4) is 0 Å². The average Bonchev–Trinajstić information content (AvgIpc) is 2.39. The minimum Gasteiger partial charge on any atom is -0.327 e. The monoisotopic (exact) mass is 283 g/mol. The summed E-state index contributed by atoms with van der Waals surface area (Å²) in [6, 6.07) is 9.62. The minimum absolute atomic E-state index is 0. The fourth-order valence-electron chi connectivity index (χ4n) is 2.33. The highest BCUT2D eigenvalue weighted by atomic mass is 35.5. The molecule has 5 heteroatoms. The molecule has 1 heterocycles. The maximum absolute atomic E-state index is 12.1. The number of piperidine rings is 1. The first-order chi connectivity index (χ1) is 8.66. The quantitative estimate of drug-likeness (QED) is 0.890. The zero-order valence-electron chi connectivity index (χ0n) is 11.2. The third-order valence-electron chi connectivity index (χ3n) is 3.46. The Labute approximate surface area is 120 Å². The summed E-state index contributed by atoms with van der Waals surface area (Å²) >= 11 is 0. The maximum atomic E-state index is 12.1. The molecule has 0 radical (unpaired) electrons. The fourth-order valence-corrected chi connectivity index (χ4v) is 2.33. The molecule has 1 aromatic rings. The molecule has 1 saturated heterocycles. The van der Waals surface area contributed by atoms with Crippen molar-refractivity contribution in [2.45, 2.75) is 31.8 Å². The average molecular weight is 284 g/mol. The summed E-state index contributed by atoms with van der Waals surface area (Å²) in [7, 11) is 0. The molecule has 1 unspecified atom stereocenters. The number of para-hydroxylation sites is 1. The predicted molar refractivity (Wildman–Crippen MR) is 80.6 cm³/mol. The number of benzene rings is 1. The van der Waals surface area contributed by atoms with Gasteiger partial charge in [0.2, 0.25) is 5.91 Å².